The monoisotopic (exact) mass is 263 g/mol. The van der Waals surface area contributed by atoms with Gasteiger partial charge in [-0.05, 0) is 18.2 Å². The second-order valence-electron chi connectivity index (χ2n) is 4.58. The number of fused-ring (bicyclic) bond motifs is 1. The molecule has 2 aromatic rings. The van der Waals surface area contributed by atoms with Crippen molar-refractivity contribution in [2.24, 2.45) is 12.8 Å². The second kappa shape index (κ2) is 4.30. The van der Waals surface area contributed by atoms with Gasteiger partial charge in [-0.15, -0.1) is 0 Å². The van der Waals surface area contributed by atoms with Crippen molar-refractivity contribution in [3.63, 3.8) is 0 Å². The number of nitrogens with zero attached hydrogens (tertiary/aromatic N) is 2. The third kappa shape index (κ3) is 1.98. The van der Waals surface area contributed by atoms with Crippen LogP contribution in [0.2, 0.25) is 5.02 Å². The summed E-state index contributed by atoms with van der Waals surface area (Å²) in [7, 11) is 1.89. The predicted molar refractivity (Wildman–Crippen MR) is 69.6 cm³/mol. The van der Waals surface area contributed by atoms with E-state index in [2.05, 4.69) is 5.10 Å². The standard InChI is InChI=1S/C13H14ClN3O/c1-17-7-8(6-16-17)13-5-11(15)10-4-9(14)2-3-12(10)18-13/h2-4,6-7,11,13H,5,15H2,1H3/t11-,13?/m1/s1. The maximum atomic E-state index is 6.18. The molecule has 4 nitrogen and oxygen atoms in total. The molecule has 2 atom stereocenters. The van der Waals surface area contributed by atoms with Gasteiger partial charge < -0.3 is 10.5 Å². The quantitative estimate of drug-likeness (QED) is 0.860. The van der Waals surface area contributed by atoms with Crippen LogP contribution in [0.15, 0.2) is 30.6 Å². The van der Waals surface area contributed by atoms with E-state index in [0.717, 1.165) is 23.3 Å². The zero-order valence-electron chi connectivity index (χ0n) is 10.0. The van der Waals surface area contributed by atoms with Gasteiger partial charge in [-0.2, -0.15) is 5.10 Å². The number of halogens is 1. The Morgan fingerprint density at radius 3 is 3.06 bits per heavy atom. The lowest BCUT2D eigenvalue weighted by atomic mass is 9.95. The second-order valence-corrected chi connectivity index (χ2v) is 5.01. The molecular weight excluding hydrogens is 250 g/mol. The summed E-state index contributed by atoms with van der Waals surface area (Å²) in [6.45, 7) is 0. The van der Waals surface area contributed by atoms with E-state index in [1.807, 2.05) is 37.6 Å². The molecule has 0 fully saturated rings. The van der Waals surface area contributed by atoms with Crippen LogP contribution in [0.25, 0.3) is 0 Å². The zero-order chi connectivity index (χ0) is 12.7. The van der Waals surface area contributed by atoms with E-state index in [0.29, 0.717) is 5.02 Å². The molecule has 0 saturated heterocycles. The number of rotatable bonds is 1. The molecule has 18 heavy (non-hydrogen) atoms. The summed E-state index contributed by atoms with van der Waals surface area (Å²) in [6.07, 6.45) is 4.47. The highest BCUT2D eigenvalue weighted by atomic mass is 35.5. The van der Waals surface area contributed by atoms with Crippen molar-refractivity contribution >= 4 is 11.6 Å². The molecule has 1 aliphatic rings. The molecule has 94 valence electrons. The van der Waals surface area contributed by atoms with Gasteiger partial charge in [0.05, 0.1) is 6.20 Å². The summed E-state index contributed by atoms with van der Waals surface area (Å²) in [5.74, 6) is 0.812. The van der Waals surface area contributed by atoms with Crippen LogP contribution in [0.5, 0.6) is 5.75 Å². The molecule has 0 aliphatic carbocycles. The molecule has 2 N–H and O–H groups in total. The first kappa shape index (κ1) is 11.6. The molecule has 1 aliphatic heterocycles. The Morgan fingerprint density at radius 2 is 2.33 bits per heavy atom. The Bertz CT molecular complexity index is 581. The molecule has 0 spiro atoms. The minimum atomic E-state index is -0.0577. The third-order valence-electron chi connectivity index (χ3n) is 3.21. The lowest BCUT2D eigenvalue weighted by molar-refractivity contribution is 0.161. The van der Waals surface area contributed by atoms with Crippen molar-refractivity contribution in [2.45, 2.75) is 18.6 Å². The molecule has 2 heterocycles. The number of ether oxygens (including phenoxy) is 1. The van der Waals surface area contributed by atoms with Crippen LogP contribution >= 0.6 is 11.6 Å². The summed E-state index contributed by atoms with van der Waals surface area (Å²) in [6, 6.07) is 5.51. The summed E-state index contributed by atoms with van der Waals surface area (Å²) >= 11 is 5.97. The number of aryl methyl sites for hydroxylation is 1. The fraction of sp³-hybridized carbons (Fsp3) is 0.308. The lowest BCUT2D eigenvalue weighted by Crippen LogP contribution is -2.23. The van der Waals surface area contributed by atoms with Crippen molar-refractivity contribution in [2.75, 3.05) is 0 Å². The first-order valence-corrected chi connectivity index (χ1v) is 6.21. The van der Waals surface area contributed by atoms with Gasteiger partial charge in [-0.25, -0.2) is 0 Å². The van der Waals surface area contributed by atoms with Crippen LogP contribution in [-0.2, 0) is 7.05 Å². The van der Waals surface area contributed by atoms with E-state index in [-0.39, 0.29) is 12.1 Å². The first-order chi connectivity index (χ1) is 8.63. The number of hydrogen-bond donors (Lipinski definition) is 1. The minimum Gasteiger partial charge on any atom is -0.485 e. The van der Waals surface area contributed by atoms with Crippen molar-refractivity contribution in [3.05, 3.63) is 46.7 Å². The maximum absolute atomic E-state index is 6.18. The third-order valence-corrected chi connectivity index (χ3v) is 3.44. The Morgan fingerprint density at radius 1 is 1.50 bits per heavy atom. The van der Waals surface area contributed by atoms with Crippen LogP contribution in [0.1, 0.15) is 29.7 Å². The Kier molecular flexibility index (Phi) is 2.76. The van der Waals surface area contributed by atoms with Gasteiger partial charge in [0.2, 0.25) is 0 Å². The molecule has 1 aromatic carbocycles. The molecule has 0 bridgehead atoms. The number of benzene rings is 1. The topological polar surface area (TPSA) is 53.1 Å². The normalized spacial score (nSPS) is 22.4. The molecule has 0 radical (unpaired) electrons. The highest BCUT2D eigenvalue weighted by molar-refractivity contribution is 6.30. The van der Waals surface area contributed by atoms with Crippen molar-refractivity contribution in [1.82, 2.24) is 9.78 Å². The summed E-state index contributed by atoms with van der Waals surface area (Å²) in [5.41, 5.74) is 8.21. The highest BCUT2D eigenvalue weighted by Gasteiger charge is 2.27. The van der Waals surface area contributed by atoms with E-state index in [1.165, 1.54) is 0 Å². The van der Waals surface area contributed by atoms with Gasteiger partial charge in [-0.1, -0.05) is 11.6 Å². The molecule has 1 unspecified atom stereocenters. The predicted octanol–water partition coefficient (Wildman–Crippen LogP) is 2.60. The SMILES string of the molecule is Cn1cc(C2C[C@@H](N)c3cc(Cl)ccc3O2)cn1. The minimum absolute atomic E-state index is 0.0395. The summed E-state index contributed by atoms with van der Waals surface area (Å²) in [5, 5.41) is 4.85. The van der Waals surface area contributed by atoms with Gasteiger partial charge >= 0.3 is 0 Å². The van der Waals surface area contributed by atoms with Crippen LogP contribution < -0.4 is 10.5 Å². The summed E-state index contributed by atoms with van der Waals surface area (Å²) in [4.78, 5) is 0. The number of aromatic nitrogens is 2. The van der Waals surface area contributed by atoms with Gasteiger partial charge in [0.1, 0.15) is 11.9 Å². The van der Waals surface area contributed by atoms with Gasteiger partial charge in [0.25, 0.3) is 0 Å². The fourth-order valence-electron chi connectivity index (χ4n) is 2.29. The summed E-state index contributed by atoms with van der Waals surface area (Å²) < 4.78 is 7.73. The van der Waals surface area contributed by atoms with E-state index in [9.17, 15) is 0 Å². The Labute approximate surface area is 110 Å². The Hall–Kier alpha value is -1.52. The molecular formula is C13H14ClN3O. The smallest absolute Gasteiger partial charge is 0.129 e. The van der Waals surface area contributed by atoms with Crippen LogP contribution in [-0.4, -0.2) is 9.78 Å². The van der Waals surface area contributed by atoms with Gasteiger partial charge in [0.15, 0.2) is 0 Å². The van der Waals surface area contributed by atoms with E-state index in [4.69, 9.17) is 22.1 Å². The molecule has 0 saturated carbocycles. The molecule has 5 heteroatoms. The number of nitrogens with two attached hydrogens (primary N) is 1. The fourth-order valence-corrected chi connectivity index (χ4v) is 2.47. The van der Waals surface area contributed by atoms with Crippen molar-refractivity contribution < 1.29 is 4.74 Å². The van der Waals surface area contributed by atoms with Crippen LogP contribution in [0, 0.1) is 0 Å². The van der Waals surface area contributed by atoms with Crippen LogP contribution in [0.4, 0.5) is 0 Å². The molecule has 3 rings (SSSR count). The zero-order valence-corrected chi connectivity index (χ0v) is 10.8. The average Bonchev–Trinajstić information content (AvgIpc) is 2.77. The molecule has 0 amide bonds. The van der Waals surface area contributed by atoms with Crippen molar-refractivity contribution in [3.8, 4) is 5.75 Å². The van der Waals surface area contributed by atoms with E-state index in [1.54, 1.807) is 4.68 Å². The average molecular weight is 264 g/mol. The van der Waals surface area contributed by atoms with Gasteiger partial charge in [-0.3, -0.25) is 4.68 Å². The largest absolute Gasteiger partial charge is 0.485 e. The van der Waals surface area contributed by atoms with Gasteiger partial charge in [0, 0.05) is 41.9 Å². The Balaban J connectivity index is 1.94. The van der Waals surface area contributed by atoms with Crippen LogP contribution in [0.3, 0.4) is 0 Å². The first-order valence-electron chi connectivity index (χ1n) is 5.83. The molecule has 1 aromatic heterocycles. The van der Waals surface area contributed by atoms with E-state index < -0.39 is 0 Å². The lowest BCUT2D eigenvalue weighted by Gasteiger charge is -2.29. The van der Waals surface area contributed by atoms with E-state index >= 15 is 0 Å². The van der Waals surface area contributed by atoms with Crippen molar-refractivity contribution in [1.29, 1.82) is 0 Å². The highest BCUT2D eigenvalue weighted by Crippen LogP contribution is 2.40. The maximum Gasteiger partial charge on any atom is 0.129 e. The number of hydrogen-bond acceptors (Lipinski definition) is 3.